The molecule has 3 nitrogen and oxygen atoms in total. The van der Waals surface area contributed by atoms with E-state index in [-0.39, 0.29) is 5.41 Å². The highest BCUT2D eigenvalue weighted by Gasteiger charge is 2.62. The summed E-state index contributed by atoms with van der Waals surface area (Å²) in [4.78, 5) is 8.19. The van der Waals surface area contributed by atoms with Crippen LogP contribution in [0.3, 0.4) is 0 Å². The molecule has 108 valence electrons. The summed E-state index contributed by atoms with van der Waals surface area (Å²) in [6, 6.07) is 0. The Labute approximate surface area is 120 Å². The van der Waals surface area contributed by atoms with Crippen LogP contribution in [0.4, 0.5) is 0 Å². The van der Waals surface area contributed by atoms with Crippen molar-refractivity contribution in [2.45, 2.75) is 58.5 Å². The zero-order valence-electron chi connectivity index (χ0n) is 12.5. The molecule has 1 N–H and O–H groups in total. The fourth-order valence-electron chi connectivity index (χ4n) is 6.65. The Morgan fingerprint density at radius 1 is 1.05 bits per heavy atom. The molecule has 20 heavy (non-hydrogen) atoms. The molecule has 4 bridgehead atoms. The normalized spacial score (nSPS) is 47.5. The Morgan fingerprint density at radius 2 is 1.65 bits per heavy atom. The number of hydrogen-bond acceptors (Lipinski definition) is 3. The van der Waals surface area contributed by atoms with E-state index in [1.165, 1.54) is 38.5 Å². The summed E-state index contributed by atoms with van der Waals surface area (Å²) in [6.45, 7) is 4.89. The molecule has 0 aromatic carbocycles. The lowest BCUT2D eigenvalue weighted by Crippen LogP contribution is -2.56. The molecule has 0 amide bonds. The number of rotatable bonds is 2. The van der Waals surface area contributed by atoms with E-state index in [0.29, 0.717) is 10.8 Å². The van der Waals surface area contributed by atoms with Gasteiger partial charge in [0.1, 0.15) is 6.33 Å². The Kier molecular flexibility index (Phi) is 2.44. The number of nitrogens with zero attached hydrogens (tertiary/aromatic N) is 2. The Balaban J connectivity index is 1.74. The lowest BCUT2D eigenvalue weighted by atomic mass is 9.39. The summed E-state index contributed by atoms with van der Waals surface area (Å²) >= 11 is 0. The minimum absolute atomic E-state index is 0.0631. The van der Waals surface area contributed by atoms with Crippen molar-refractivity contribution >= 4 is 0 Å². The largest absolute Gasteiger partial charge is 0.388 e. The summed E-state index contributed by atoms with van der Waals surface area (Å²) in [6.07, 6.45) is 12.3. The molecule has 3 unspecified atom stereocenters. The van der Waals surface area contributed by atoms with Crippen molar-refractivity contribution < 1.29 is 5.11 Å². The first-order valence-corrected chi connectivity index (χ1v) is 7.85. The summed E-state index contributed by atoms with van der Waals surface area (Å²) in [7, 11) is 0. The predicted octanol–water partition coefficient (Wildman–Crippen LogP) is 3.51. The van der Waals surface area contributed by atoms with E-state index >= 15 is 0 Å². The maximum atomic E-state index is 11.0. The van der Waals surface area contributed by atoms with E-state index in [4.69, 9.17) is 0 Å². The molecule has 0 aliphatic heterocycles. The number of aliphatic hydroxyl groups excluding tert-OH is 1. The summed E-state index contributed by atoms with van der Waals surface area (Å²) in [5, 5.41) is 11.0. The van der Waals surface area contributed by atoms with Crippen molar-refractivity contribution in [3.05, 3.63) is 24.3 Å². The van der Waals surface area contributed by atoms with Crippen molar-refractivity contribution in [3.8, 4) is 0 Å². The predicted molar refractivity (Wildman–Crippen MR) is 76.8 cm³/mol. The minimum Gasteiger partial charge on any atom is -0.388 e. The molecular weight excluding hydrogens is 248 g/mol. The SMILES string of the molecule is CC12CC3CC(C)(C1)CC(C(O)c1cncnc1)(C3)C2. The molecule has 1 aromatic heterocycles. The fourth-order valence-corrected chi connectivity index (χ4v) is 6.65. The van der Waals surface area contributed by atoms with Crippen molar-refractivity contribution in [2.75, 3.05) is 0 Å². The molecule has 0 radical (unpaired) electrons. The van der Waals surface area contributed by atoms with Crippen LogP contribution in [-0.4, -0.2) is 15.1 Å². The van der Waals surface area contributed by atoms with E-state index in [1.807, 2.05) is 0 Å². The topological polar surface area (TPSA) is 46.0 Å². The van der Waals surface area contributed by atoms with Crippen molar-refractivity contribution in [2.24, 2.45) is 22.2 Å². The standard InChI is InChI=1S/C17H24N2O/c1-15-3-12-4-16(2,8-15)10-17(5-12,9-15)14(20)13-6-18-11-19-7-13/h6-7,11-12,14,20H,3-5,8-10H2,1-2H3. The minimum atomic E-state index is -0.397. The number of aromatic nitrogens is 2. The molecule has 0 saturated heterocycles. The second kappa shape index (κ2) is 3.82. The molecule has 3 heteroatoms. The van der Waals surface area contributed by atoms with Crippen LogP contribution in [0.15, 0.2) is 18.7 Å². The first-order valence-electron chi connectivity index (χ1n) is 7.85. The van der Waals surface area contributed by atoms with Crippen LogP contribution in [0.1, 0.15) is 64.0 Å². The fraction of sp³-hybridized carbons (Fsp3) is 0.765. The number of aliphatic hydroxyl groups is 1. The smallest absolute Gasteiger partial charge is 0.115 e. The molecule has 4 aliphatic carbocycles. The first-order chi connectivity index (χ1) is 9.42. The molecule has 1 heterocycles. The van der Waals surface area contributed by atoms with Gasteiger partial charge in [0, 0.05) is 23.4 Å². The summed E-state index contributed by atoms with van der Waals surface area (Å²) < 4.78 is 0. The van der Waals surface area contributed by atoms with E-state index in [2.05, 4.69) is 23.8 Å². The van der Waals surface area contributed by atoms with Crippen LogP contribution < -0.4 is 0 Å². The van der Waals surface area contributed by atoms with Crippen LogP contribution in [0, 0.1) is 22.2 Å². The van der Waals surface area contributed by atoms with E-state index in [9.17, 15) is 5.11 Å². The van der Waals surface area contributed by atoms with Gasteiger partial charge in [-0.3, -0.25) is 0 Å². The highest BCUT2D eigenvalue weighted by molar-refractivity contribution is 5.19. The van der Waals surface area contributed by atoms with Gasteiger partial charge in [0.05, 0.1) is 6.10 Å². The zero-order chi connectivity index (χ0) is 14.0. The Hall–Kier alpha value is -0.960. The van der Waals surface area contributed by atoms with Crippen LogP contribution >= 0.6 is 0 Å². The van der Waals surface area contributed by atoms with E-state index in [0.717, 1.165) is 11.5 Å². The van der Waals surface area contributed by atoms with Crippen molar-refractivity contribution in [1.82, 2.24) is 9.97 Å². The zero-order valence-corrected chi connectivity index (χ0v) is 12.5. The molecular formula is C17H24N2O. The maximum absolute atomic E-state index is 11.0. The third-order valence-electron chi connectivity index (χ3n) is 6.15. The average molecular weight is 272 g/mol. The van der Waals surface area contributed by atoms with Crippen LogP contribution in [-0.2, 0) is 0 Å². The molecule has 4 saturated carbocycles. The molecule has 1 aromatic rings. The first kappa shape index (κ1) is 12.8. The second-order valence-corrected chi connectivity index (χ2v) is 8.57. The van der Waals surface area contributed by atoms with Gasteiger partial charge in [-0.1, -0.05) is 13.8 Å². The Bertz CT molecular complexity index is 511. The van der Waals surface area contributed by atoms with Crippen molar-refractivity contribution in [1.29, 1.82) is 0 Å². The molecule has 4 aliphatic rings. The summed E-state index contributed by atoms with van der Waals surface area (Å²) in [5.74, 6) is 0.806. The monoisotopic (exact) mass is 272 g/mol. The van der Waals surface area contributed by atoms with Crippen molar-refractivity contribution in [3.63, 3.8) is 0 Å². The van der Waals surface area contributed by atoms with Gasteiger partial charge in [-0.25, -0.2) is 9.97 Å². The third kappa shape index (κ3) is 1.75. The van der Waals surface area contributed by atoms with Crippen LogP contribution in [0.25, 0.3) is 0 Å². The van der Waals surface area contributed by atoms with E-state index in [1.54, 1.807) is 18.7 Å². The lowest BCUT2D eigenvalue weighted by molar-refractivity contribution is -0.187. The van der Waals surface area contributed by atoms with E-state index < -0.39 is 6.10 Å². The molecule has 4 fully saturated rings. The van der Waals surface area contributed by atoms with Gasteiger partial charge >= 0.3 is 0 Å². The average Bonchev–Trinajstić information content (AvgIpc) is 2.34. The van der Waals surface area contributed by atoms with Gasteiger partial charge in [0.15, 0.2) is 0 Å². The van der Waals surface area contributed by atoms with Gasteiger partial charge in [-0.15, -0.1) is 0 Å². The number of hydrogen-bond donors (Lipinski definition) is 1. The lowest BCUT2D eigenvalue weighted by Gasteiger charge is -2.66. The quantitative estimate of drug-likeness (QED) is 0.896. The molecule has 3 atom stereocenters. The van der Waals surface area contributed by atoms with Gasteiger partial charge < -0.3 is 5.11 Å². The van der Waals surface area contributed by atoms with Gasteiger partial charge in [0.25, 0.3) is 0 Å². The maximum Gasteiger partial charge on any atom is 0.115 e. The highest BCUT2D eigenvalue weighted by atomic mass is 16.3. The van der Waals surface area contributed by atoms with Gasteiger partial charge in [-0.05, 0) is 55.3 Å². The second-order valence-electron chi connectivity index (χ2n) is 8.57. The third-order valence-corrected chi connectivity index (χ3v) is 6.15. The van der Waals surface area contributed by atoms with Crippen LogP contribution in [0.5, 0.6) is 0 Å². The van der Waals surface area contributed by atoms with Gasteiger partial charge in [-0.2, -0.15) is 0 Å². The highest BCUT2D eigenvalue weighted by Crippen LogP contribution is 2.72. The Morgan fingerprint density at radius 3 is 2.20 bits per heavy atom. The van der Waals surface area contributed by atoms with Crippen LogP contribution in [0.2, 0.25) is 0 Å². The molecule has 0 spiro atoms. The van der Waals surface area contributed by atoms with Gasteiger partial charge in [0.2, 0.25) is 0 Å². The molecule has 5 rings (SSSR count). The summed E-state index contributed by atoms with van der Waals surface area (Å²) in [5.41, 5.74) is 1.84.